The summed E-state index contributed by atoms with van der Waals surface area (Å²) in [5.74, 6) is -4.34. The number of pyridine rings is 1. The molecule has 0 fully saturated rings. The highest BCUT2D eigenvalue weighted by molar-refractivity contribution is 5.86. The topological polar surface area (TPSA) is 188 Å². The summed E-state index contributed by atoms with van der Waals surface area (Å²) in [4.78, 5) is 38.3. The van der Waals surface area contributed by atoms with Gasteiger partial charge in [0.2, 0.25) is 12.6 Å². The molecule has 4 aromatic rings. The van der Waals surface area contributed by atoms with Crippen LogP contribution in [0.25, 0.3) is 0 Å². The zero-order valence-electron chi connectivity index (χ0n) is 26.5. The van der Waals surface area contributed by atoms with E-state index in [9.17, 15) is 23.5 Å². The van der Waals surface area contributed by atoms with Crippen molar-refractivity contribution in [2.75, 3.05) is 18.5 Å². The lowest BCUT2D eigenvalue weighted by Gasteiger charge is -2.32. The fraction of sp³-hybridized carbons (Fsp3) is 0.387. The number of nitrogens with zero attached hydrogens (tertiary/aromatic N) is 7. The molecule has 0 saturated carbocycles. The molecule has 256 valence electrons. The predicted molar refractivity (Wildman–Crippen MR) is 163 cm³/mol. The van der Waals surface area contributed by atoms with E-state index < -0.39 is 59.8 Å². The van der Waals surface area contributed by atoms with Crippen molar-refractivity contribution in [2.24, 2.45) is 11.5 Å². The summed E-state index contributed by atoms with van der Waals surface area (Å²) in [6.45, 7) is 2.75. The summed E-state index contributed by atoms with van der Waals surface area (Å²) in [5.41, 5.74) is 9.05. The third-order valence-electron chi connectivity index (χ3n) is 7.77. The molecule has 0 bridgehead atoms. The van der Waals surface area contributed by atoms with Gasteiger partial charge >= 0.3 is 12.1 Å². The molecule has 0 radical (unpaired) electrons. The molecule has 14 nitrogen and oxygen atoms in total. The largest absolute Gasteiger partial charge is 0.460 e. The van der Waals surface area contributed by atoms with E-state index in [1.165, 1.54) is 42.1 Å². The van der Waals surface area contributed by atoms with Crippen LogP contribution < -0.4 is 20.9 Å². The van der Waals surface area contributed by atoms with E-state index in [1.54, 1.807) is 19.1 Å². The molecule has 2 unspecified atom stereocenters. The van der Waals surface area contributed by atoms with E-state index in [0.717, 1.165) is 29.6 Å². The van der Waals surface area contributed by atoms with Crippen LogP contribution in [-0.2, 0) is 33.0 Å². The first-order chi connectivity index (χ1) is 22.8. The summed E-state index contributed by atoms with van der Waals surface area (Å²) in [6.07, 6.45) is 5.31. The van der Waals surface area contributed by atoms with Gasteiger partial charge in [0, 0.05) is 48.4 Å². The minimum absolute atomic E-state index is 0.177. The Bertz CT molecular complexity index is 1730. The van der Waals surface area contributed by atoms with Crippen molar-refractivity contribution >= 4 is 17.9 Å². The molecule has 4 atom stereocenters. The fourth-order valence-electron chi connectivity index (χ4n) is 4.95. The Hall–Kier alpha value is -5.00. The highest BCUT2D eigenvalue weighted by Crippen LogP contribution is 2.39. The van der Waals surface area contributed by atoms with E-state index in [2.05, 4.69) is 20.1 Å². The van der Waals surface area contributed by atoms with E-state index in [-0.39, 0.29) is 23.7 Å². The Morgan fingerprint density at radius 3 is 2.65 bits per heavy atom. The summed E-state index contributed by atoms with van der Waals surface area (Å²) in [6, 6.07) is 5.07. The van der Waals surface area contributed by atoms with Crippen molar-refractivity contribution in [3.63, 3.8) is 0 Å². The number of amides is 1. The average molecular weight is 673 g/mol. The molecule has 0 aliphatic rings. The molecule has 48 heavy (non-hydrogen) atoms. The zero-order valence-corrected chi connectivity index (χ0v) is 26.5. The van der Waals surface area contributed by atoms with E-state index in [1.807, 2.05) is 0 Å². The number of anilines is 1. The van der Waals surface area contributed by atoms with Gasteiger partial charge in [-0.15, -0.1) is 4.68 Å². The van der Waals surface area contributed by atoms with Crippen molar-refractivity contribution in [2.45, 2.75) is 63.6 Å². The lowest BCUT2D eigenvalue weighted by Crippen LogP contribution is -2.42. The van der Waals surface area contributed by atoms with Gasteiger partial charge in [0.25, 0.3) is 6.33 Å². The van der Waals surface area contributed by atoms with E-state index >= 15 is 4.39 Å². The highest BCUT2D eigenvalue weighted by atomic mass is 19.1. The standard InChI is InChI=1S/C31H37F3N9O5/c1-19(27-25(34)13-37-16-39-27)31(46,23-9-8-22(32)12-24(23)33)15-43-18-42(17-40-43)20(2)48-30(45)41(3)28-21(6-5-11-38-28)14-47-29(44)26(36)7-4-10-35/h5-6,8-9,11-13,16-20,26,46H,4,7,10,14-15,35-36H2,1-3H3/q+1/t19-,20?,26-,31?/m0/s1. The van der Waals surface area contributed by atoms with Crippen molar-refractivity contribution in [3.8, 4) is 0 Å². The van der Waals surface area contributed by atoms with Crippen LogP contribution in [-0.4, -0.2) is 61.5 Å². The van der Waals surface area contributed by atoms with Crippen LogP contribution in [0, 0.1) is 17.5 Å². The number of hydrogen-bond donors (Lipinski definition) is 3. The van der Waals surface area contributed by atoms with Gasteiger partial charge in [-0.2, -0.15) is 4.57 Å². The smallest absolute Gasteiger partial charge is 0.418 e. The van der Waals surface area contributed by atoms with Gasteiger partial charge in [0.1, 0.15) is 48.6 Å². The lowest BCUT2D eigenvalue weighted by atomic mass is 9.79. The molecule has 0 spiro atoms. The Morgan fingerprint density at radius 2 is 1.94 bits per heavy atom. The summed E-state index contributed by atoms with van der Waals surface area (Å²) < 4.78 is 57.0. The third kappa shape index (κ3) is 8.28. The number of aliphatic hydroxyl groups is 1. The van der Waals surface area contributed by atoms with E-state index in [0.29, 0.717) is 31.0 Å². The number of esters is 1. The molecule has 4 rings (SSSR count). The highest BCUT2D eigenvalue weighted by Gasteiger charge is 2.43. The van der Waals surface area contributed by atoms with Crippen molar-refractivity contribution in [3.05, 3.63) is 96.0 Å². The van der Waals surface area contributed by atoms with E-state index in [4.69, 9.17) is 20.9 Å². The first-order valence-corrected chi connectivity index (χ1v) is 14.9. The number of halogens is 3. The average Bonchev–Trinajstić information content (AvgIpc) is 3.54. The maximum Gasteiger partial charge on any atom is 0.418 e. The quantitative estimate of drug-likeness (QED) is 0.132. The molecule has 17 heteroatoms. The summed E-state index contributed by atoms with van der Waals surface area (Å²) >= 11 is 0. The van der Waals surface area contributed by atoms with Crippen LogP contribution in [0.2, 0.25) is 0 Å². The normalized spacial score (nSPS) is 14.4. The lowest BCUT2D eigenvalue weighted by molar-refractivity contribution is -0.753. The van der Waals surface area contributed by atoms with Crippen LogP contribution >= 0.6 is 0 Å². The molecule has 0 aliphatic carbocycles. The van der Waals surface area contributed by atoms with Gasteiger partial charge in [-0.1, -0.05) is 19.1 Å². The molecule has 1 aromatic carbocycles. The Balaban J connectivity index is 1.49. The number of aromatic nitrogens is 6. The number of benzene rings is 1. The molecular formula is C31H37F3N9O5+. The fourth-order valence-corrected chi connectivity index (χ4v) is 4.95. The second-order valence-electron chi connectivity index (χ2n) is 11.1. The summed E-state index contributed by atoms with van der Waals surface area (Å²) in [7, 11) is 1.43. The number of nitrogens with two attached hydrogens (primary N) is 2. The molecule has 3 aromatic heterocycles. The Kier molecular flexibility index (Phi) is 11.7. The molecule has 0 saturated heterocycles. The molecule has 3 heterocycles. The first-order valence-electron chi connectivity index (χ1n) is 14.9. The van der Waals surface area contributed by atoms with Gasteiger partial charge in [0.15, 0.2) is 5.82 Å². The van der Waals surface area contributed by atoms with Crippen molar-refractivity contribution in [1.82, 2.24) is 24.7 Å². The predicted octanol–water partition coefficient (Wildman–Crippen LogP) is 2.37. The van der Waals surface area contributed by atoms with Gasteiger partial charge in [-0.3, -0.25) is 9.69 Å². The minimum atomic E-state index is -2.18. The molecule has 5 N–H and O–H groups in total. The molecule has 1 amide bonds. The number of ether oxygens (including phenoxy) is 2. The van der Waals surface area contributed by atoms with Gasteiger partial charge in [-0.05, 0) is 31.5 Å². The number of hydrogen-bond acceptors (Lipinski definition) is 11. The number of carbonyl (C=O) groups excluding carboxylic acids is 2. The molecular weight excluding hydrogens is 635 g/mol. The van der Waals surface area contributed by atoms with Gasteiger partial charge in [-0.25, -0.2) is 32.9 Å². The van der Waals surface area contributed by atoms with Crippen LogP contribution in [0.1, 0.15) is 55.7 Å². The van der Waals surface area contributed by atoms with Crippen LogP contribution in [0.5, 0.6) is 0 Å². The first kappa shape index (κ1) is 35.8. The Labute approximate surface area is 274 Å². The van der Waals surface area contributed by atoms with Crippen molar-refractivity contribution in [1.29, 1.82) is 0 Å². The second kappa shape index (κ2) is 15.7. The number of carbonyl (C=O) groups is 2. The van der Waals surface area contributed by atoms with Crippen molar-refractivity contribution < 1.29 is 41.9 Å². The Morgan fingerprint density at radius 1 is 1.17 bits per heavy atom. The third-order valence-corrected chi connectivity index (χ3v) is 7.77. The van der Waals surface area contributed by atoms with Gasteiger partial charge < -0.3 is 26.0 Å². The maximum atomic E-state index is 15.1. The maximum absolute atomic E-state index is 15.1. The summed E-state index contributed by atoms with van der Waals surface area (Å²) in [5, 5.41) is 16.1. The zero-order chi connectivity index (χ0) is 35.0. The van der Waals surface area contributed by atoms with Gasteiger partial charge in [0.05, 0.1) is 11.9 Å². The SMILES string of the molecule is CC(OC(=O)N(C)c1ncccc1COC(=O)[C@@H](N)CCCN)[n+]1cnn(CC(O)(c2ccc(F)cc2F)[C@@H](C)c2ncncc2F)c1. The molecule has 0 aliphatic heterocycles. The van der Waals surface area contributed by atoms with Crippen LogP contribution in [0.4, 0.5) is 23.8 Å². The second-order valence-corrected chi connectivity index (χ2v) is 11.1. The van der Waals surface area contributed by atoms with Crippen LogP contribution in [0.3, 0.4) is 0 Å². The number of rotatable bonds is 14. The monoisotopic (exact) mass is 672 g/mol. The van der Waals surface area contributed by atoms with Crippen LogP contribution in [0.15, 0.2) is 61.7 Å². The minimum Gasteiger partial charge on any atom is -0.460 e.